The van der Waals surface area contributed by atoms with Crippen LogP contribution in [0, 0.1) is 5.92 Å². The minimum absolute atomic E-state index is 0.235. The van der Waals surface area contributed by atoms with Gasteiger partial charge in [-0.1, -0.05) is 49.3 Å². The quantitative estimate of drug-likeness (QED) is 0.448. The molecule has 1 aliphatic carbocycles. The van der Waals surface area contributed by atoms with Crippen LogP contribution < -0.4 is 0 Å². The summed E-state index contributed by atoms with van der Waals surface area (Å²) in [5.41, 5.74) is 4.73. The number of allylic oxidation sites excluding steroid dienone is 5. The molecule has 28 heavy (non-hydrogen) atoms. The van der Waals surface area contributed by atoms with Crippen LogP contribution >= 0.6 is 0 Å². The monoisotopic (exact) mass is 388 g/mol. The van der Waals surface area contributed by atoms with E-state index in [1.54, 1.807) is 0 Å². The van der Waals surface area contributed by atoms with Crippen molar-refractivity contribution in [2.75, 3.05) is 6.61 Å². The molecule has 4 heteroatoms. The number of hydrogen-bond acceptors (Lipinski definition) is 4. The summed E-state index contributed by atoms with van der Waals surface area (Å²) in [6, 6.07) is 0. The van der Waals surface area contributed by atoms with E-state index >= 15 is 0 Å². The fraction of sp³-hybridized carbons (Fsp3) is 0.583. The molecule has 0 spiro atoms. The van der Waals surface area contributed by atoms with Crippen molar-refractivity contribution in [3.8, 4) is 0 Å². The van der Waals surface area contributed by atoms with Crippen LogP contribution in [-0.2, 0) is 19.1 Å². The van der Waals surface area contributed by atoms with Crippen molar-refractivity contribution in [2.24, 2.45) is 5.92 Å². The van der Waals surface area contributed by atoms with Gasteiger partial charge in [-0.15, -0.1) is 0 Å². The van der Waals surface area contributed by atoms with E-state index in [-0.39, 0.29) is 24.0 Å². The number of ether oxygens (including phenoxy) is 2. The summed E-state index contributed by atoms with van der Waals surface area (Å²) in [5, 5.41) is 0. The molecule has 0 bridgehead atoms. The molecule has 1 aliphatic rings. The van der Waals surface area contributed by atoms with Gasteiger partial charge in [0.1, 0.15) is 12.7 Å². The second kappa shape index (κ2) is 12.4. The third-order valence-electron chi connectivity index (χ3n) is 4.82. The molecular formula is C24H36O4. The first-order valence-corrected chi connectivity index (χ1v) is 10.2. The predicted molar refractivity (Wildman–Crippen MR) is 114 cm³/mol. The molecule has 0 fully saturated rings. The van der Waals surface area contributed by atoms with Gasteiger partial charge in [-0.3, -0.25) is 9.59 Å². The number of rotatable bonds is 4. The maximum absolute atomic E-state index is 11.7. The van der Waals surface area contributed by atoms with Crippen molar-refractivity contribution in [3.63, 3.8) is 0 Å². The lowest BCUT2D eigenvalue weighted by Gasteiger charge is -2.24. The van der Waals surface area contributed by atoms with Gasteiger partial charge in [0.05, 0.1) is 0 Å². The standard InChI is InChI=1S/C24H36O4/c1-17(2)23-14-13-22(16-27-20(5)25)12-8-10-18(3)9-7-11-19(4)15-24(23)28-21(6)26/h10-11,13-14,17,24H,7-9,12,15-16H2,1-6H3/b18-10+,19-11+,22-13-,23-14-. The summed E-state index contributed by atoms with van der Waals surface area (Å²) in [6.45, 7) is 11.6. The Kier molecular flexibility index (Phi) is 10.6. The Hall–Kier alpha value is -2.10. The van der Waals surface area contributed by atoms with E-state index in [1.165, 1.54) is 25.0 Å². The number of carbonyl (C=O) groups is 2. The van der Waals surface area contributed by atoms with Crippen molar-refractivity contribution >= 4 is 11.9 Å². The normalized spacial score (nSPS) is 27.0. The first-order chi connectivity index (χ1) is 13.2. The van der Waals surface area contributed by atoms with Gasteiger partial charge in [0, 0.05) is 20.3 Å². The topological polar surface area (TPSA) is 52.6 Å². The summed E-state index contributed by atoms with van der Waals surface area (Å²) >= 11 is 0. The van der Waals surface area contributed by atoms with Crippen LogP contribution in [0.3, 0.4) is 0 Å². The summed E-state index contributed by atoms with van der Waals surface area (Å²) in [7, 11) is 0. The van der Waals surface area contributed by atoms with Crippen LogP contribution in [0.1, 0.15) is 73.6 Å². The zero-order chi connectivity index (χ0) is 21.1. The van der Waals surface area contributed by atoms with Crippen LogP contribution in [0.2, 0.25) is 0 Å². The average molecular weight is 389 g/mol. The molecule has 1 atom stereocenters. The van der Waals surface area contributed by atoms with E-state index < -0.39 is 0 Å². The summed E-state index contributed by atoms with van der Waals surface area (Å²) in [5.74, 6) is -0.314. The maximum Gasteiger partial charge on any atom is 0.303 e. The molecule has 0 aromatic heterocycles. The molecule has 0 saturated heterocycles. The molecule has 0 radical (unpaired) electrons. The fourth-order valence-electron chi connectivity index (χ4n) is 3.24. The van der Waals surface area contributed by atoms with E-state index in [9.17, 15) is 9.59 Å². The Morgan fingerprint density at radius 2 is 1.64 bits per heavy atom. The highest BCUT2D eigenvalue weighted by molar-refractivity contribution is 5.66. The largest absolute Gasteiger partial charge is 0.461 e. The predicted octanol–water partition coefficient (Wildman–Crippen LogP) is 5.85. The third-order valence-corrected chi connectivity index (χ3v) is 4.82. The number of carbonyl (C=O) groups excluding carboxylic acids is 2. The molecule has 0 aliphatic heterocycles. The Morgan fingerprint density at radius 1 is 1.00 bits per heavy atom. The smallest absolute Gasteiger partial charge is 0.303 e. The van der Waals surface area contributed by atoms with Crippen molar-refractivity contribution in [3.05, 3.63) is 46.6 Å². The lowest BCUT2D eigenvalue weighted by atomic mass is 9.91. The third kappa shape index (κ3) is 9.72. The Balaban J connectivity index is 3.28. The summed E-state index contributed by atoms with van der Waals surface area (Å²) < 4.78 is 10.9. The maximum atomic E-state index is 11.7. The Bertz CT molecular complexity index is 662. The second-order valence-electron chi connectivity index (χ2n) is 7.91. The first kappa shape index (κ1) is 23.9. The molecular weight excluding hydrogens is 352 g/mol. The van der Waals surface area contributed by atoms with Gasteiger partial charge in [-0.05, 0) is 56.6 Å². The summed E-state index contributed by atoms with van der Waals surface area (Å²) in [4.78, 5) is 22.9. The van der Waals surface area contributed by atoms with Crippen molar-refractivity contribution in [2.45, 2.75) is 79.8 Å². The minimum Gasteiger partial charge on any atom is -0.461 e. The molecule has 1 rings (SSSR count). The van der Waals surface area contributed by atoms with Crippen molar-refractivity contribution in [1.29, 1.82) is 0 Å². The molecule has 0 saturated carbocycles. The van der Waals surface area contributed by atoms with E-state index in [0.717, 1.165) is 36.8 Å². The van der Waals surface area contributed by atoms with Crippen LogP contribution in [0.4, 0.5) is 0 Å². The first-order valence-electron chi connectivity index (χ1n) is 10.2. The van der Waals surface area contributed by atoms with Crippen molar-refractivity contribution < 1.29 is 19.1 Å². The van der Waals surface area contributed by atoms with Gasteiger partial charge in [0.2, 0.25) is 0 Å². The summed E-state index contributed by atoms with van der Waals surface area (Å²) in [6.07, 6.45) is 12.8. The molecule has 0 N–H and O–H groups in total. The highest BCUT2D eigenvalue weighted by atomic mass is 16.5. The van der Waals surface area contributed by atoms with Gasteiger partial charge in [0.25, 0.3) is 0 Å². The number of hydrogen-bond donors (Lipinski definition) is 0. The van der Waals surface area contributed by atoms with E-state index in [0.29, 0.717) is 13.0 Å². The lowest BCUT2D eigenvalue weighted by molar-refractivity contribution is -0.145. The van der Waals surface area contributed by atoms with E-state index in [2.05, 4.69) is 39.8 Å². The van der Waals surface area contributed by atoms with Crippen LogP contribution in [0.15, 0.2) is 46.6 Å². The molecule has 0 aromatic carbocycles. The molecule has 4 nitrogen and oxygen atoms in total. The van der Waals surface area contributed by atoms with E-state index in [1.807, 2.05) is 12.2 Å². The SMILES string of the molecule is CC(=O)OC/C1=C\C=C(\C(C)C)C(OC(C)=O)C/C(C)=C/CC/C(C)=C/CC1. The van der Waals surface area contributed by atoms with Gasteiger partial charge in [0.15, 0.2) is 0 Å². The fourth-order valence-corrected chi connectivity index (χ4v) is 3.24. The minimum atomic E-state index is -0.279. The Labute approximate surface area is 170 Å². The number of esters is 2. The average Bonchev–Trinajstić information content (AvgIpc) is 2.57. The zero-order valence-corrected chi connectivity index (χ0v) is 18.3. The molecule has 1 unspecified atom stereocenters. The van der Waals surface area contributed by atoms with Crippen molar-refractivity contribution in [1.82, 2.24) is 0 Å². The van der Waals surface area contributed by atoms with Gasteiger partial charge < -0.3 is 9.47 Å². The van der Waals surface area contributed by atoms with Crippen LogP contribution in [0.25, 0.3) is 0 Å². The van der Waals surface area contributed by atoms with Crippen LogP contribution in [-0.4, -0.2) is 24.6 Å². The second-order valence-corrected chi connectivity index (χ2v) is 7.91. The van der Waals surface area contributed by atoms with Gasteiger partial charge in [-0.2, -0.15) is 0 Å². The Morgan fingerprint density at radius 3 is 2.25 bits per heavy atom. The zero-order valence-electron chi connectivity index (χ0n) is 18.3. The molecule has 0 amide bonds. The van der Waals surface area contributed by atoms with E-state index in [4.69, 9.17) is 9.47 Å². The highest BCUT2D eigenvalue weighted by Gasteiger charge is 2.20. The van der Waals surface area contributed by atoms with Gasteiger partial charge in [-0.25, -0.2) is 0 Å². The molecule has 0 heterocycles. The molecule has 156 valence electrons. The van der Waals surface area contributed by atoms with Crippen LogP contribution in [0.5, 0.6) is 0 Å². The van der Waals surface area contributed by atoms with Gasteiger partial charge >= 0.3 is 11.9 Å². The lowest BCUT2D eigenvalue weighted by Crippen LogP contribution is -2.22. The highest BCUT2D eigenvalue weighted by Crippen LogP contribution is 2.25. The molecule has 0 aromatic rings.